The highest BCUT2D eigenvalue weighted by molar-refractivity contribution is 5.16. The van der Waals surface area contributed by atoms with Gasteiger partial charge in [0.25, 0.3) is 0 Å². The second kappa shape index (κ2) is 8.44. The molecule has 1 aromatic carbocycles. The maximum Gasteiger partial charge on any atom is 0.128 e. The van der Waals surface area contributed by atoms with Crippen LogP contribution in [0.15, 0.2) is 24.3 Å². The number of ether oxygens (including phenoxy) is 2. The molecule has 1 heterocycles. The van der Waals surface area contributed by atoms with Crippen molar-refractivity contribution < 1.29 is 19.0 Å². The quantitative estimate of drug-likeness (QED) is 0.792. The summed E-state index contributed by atoms with van der Waals surface area (Å²) in [6.45, 7) is 3.51. The van der Waals surface area contributed by atoms with Crippen molar-refractivity contribution in [2.24, 2.45) is 5.92 Å². The lowest BCUT2D eigenvalue weighted by atomic mass is 10.1. The van der Waals surface area contributed by atoms with E-state index in [9.17, 15) is 9.50 Å². The Hall–Kier alpha value is -1.01. The molecule has 4 nitrogen and oxygen atoms in total. The van der Waals surface area contributed by atoms with Crippen molar-refractivity contribution in [3.63, 3.8) is 0 Å². The molecular formula is C16H24FNO3. The molecule has 0 aromatic heterocycles. The first kappa shape index (κ1) is 16.4. The molecule has 0 aliphatic carbocycles. The van der Waals surface area contributed by atoms with Crippen LogP contribution in [0.1, 0.15) is 12.0 Å². The summed E-state index contributed by atoms with van der Waals surface area (Å²) in [4.78, 5) is 2.09. The average Bonchev–Trinajstić information content (AvgIpc) is 2.93. The van der Waals surface area contributed by atoms with Crippen LogP contribution in [0, 0.1) is 11.7 Å². The predicted molar refractivity (Wildman–Crippen MR) is 78.5 cm³/mol. The number of hydrogen-bond acceptors (Lipinski definition) is 4. The Morgan fingerprint density at radius 2 is 2.29 bits per heavy atom. The van der Waals surface area contributed by atoms with Crippen LogP contribution in [0.2, 0.25) is 0 Å². The van der Waals surface area contributed by atoms with Gasteiger partial charge in [-0.25, -0.2) is 4.39 Å². The zero-order valence-corrected chi connectivity index (χ0v) is 12.5. The summed E-state index contributed by atoms with van der Waals surface area (Å²) in [5.41, 5.74) is 0.515. The van der Waals surface area contributed by atoms with E-state index in [-0.39, 0.29) is 19.0 Å². The number of aliphatic hydroxyl groups is 1. The normalized spacial score (nSPS) is 20.1. The molecule has 0 amide bonds. The van der Waals surface area contributed by atoms with Gasteiger partial charge in [0.05, 0.1) is 25.9 Å². The highest BCUT2D eigenvalue weighted by atomic mass is 19.1. The van der Waals surface area contributed by atoms with E-state index in [0.717, 1.165) is 26.2 Å². The Morgan fingerprint density at radius 1 is 1.48 bits per heavy atom. The first-order chi connectivity index (χ1) is 10.1. The fraction of sp³-hybridized carbons (Fsp3) is 0.625. The minimum atomic E-state index is -0.566. The van der Waals surface area contributed by atoms with Crippen LogP contribution in [0.3, 0.4) is 0 Å². The zero-order valence-electron chi connectivity index (χ0n) is 12.5. The van der Waals surface area contributed by atoms with E-state index >= 15 is 0 Å². The number of nitrogens with zero attached hydrogens (tertiary/aromatic N) is 1. The van der Waals surface area contributed by atoms with Gasteiger partial charge in [-0.3, -0.25) is 0 Å². The van der Waals surface area contributed by atoms with E-state index < -0.39 is 6.10 Å². The van der Waals surface area contributed by atoms with E-state index in [0.29, 0.717) is 18.0 Å². The molecule has 1 saturated heterocycles. The summed E-state index contributed by atoms with van der Waals surface area (Å²) in [5, 5.41) is 9.95. The lowest BCUT2D eigenvalue weighted by Gasteiger charge is -2.23. The molecule has 5 heteroatoms. The summed E-state index contributed by atoms with van der Waals surface area (Å²) in [6, 6.07) is 6.52. The second-order valence-corrected chi connectivity index (χ2v) is 5.71. The smallest absolute Gasteiger partial charge is 0.128 e. The summed E-state index contributed by atoms with van der Waals surface area (Å²) >= 11 is 0. The molecule has 0 bridgehead atoms. The van der Waals surface area contributed by atoms with Crippen molar-refractivity contribution in [2.75, 3.05) is 40.0 Å². The van der Waals surface area contributed by atoms with Crippen molar-refractivity contribution in [3.8, 4) is 0 Å². The fourth-order valence-corrected chi connectivity index (χ4v) is 2.58. The molecule has 0 spiro atoms. The van der Waals surface area contributed by atoms with E-state index in [1.165, 1.54) is 6.07 Å². The van der Waals surface area contributed by atoms with Gasteiger partial charge >= 0.3 is 0 Å². The molecule has 1 fully saturated rings. The van der Waals surface area contributed by atoms with Gasteiger partial charge < -0.3 is 19.5 Å². The van der Waals surface area contributed by atoms with Gasteiger partial charge in [-0.2, -0.15) is 0 Å². The predicted octanol–water partition coefficient (Wildman–Crippen LogP) is 1.67. The van der Waals surface area contributed by atoms with Crippen LogP contribution in [-0.2, 0) is 16.1 Å². The van der Waals surface area contributed by atoms with Gasteiger partial charge in [-0.15, -0.1) is 0 Å². The van der Waals surface area contributed by atoms with Gasteiger partial charge in [0.2, 0.25) is 0 Å². The van der Waals surface area contributed by atoms with Crippen molar-refractivity contribution in [3.05, 3.63) is 35.6 Å². The number of aliphatic hydroxyl groups excluding tert-OH is 1. The van der Waals surface area contributed by atoms with Crippen LogP contribution >= 0.6 is 0 Å². The minimum Gasteiger partial charge on any atom is -0.389 e. The maximum absolute atomic E-state index is 13.4. The van der Waals surface area contributed by atoms with Gasteiger partial charge in [0, 0.05) is 25.3 Å². The Kier molecular flexibility index (Phi) is 6.57. The van der Waals surface area contributed by atoms with Crippen molar-refractivity contribution >= 4 is 0 Å². The molecule has 1 aromatic rings. The standard InChI is InChI=1S/C16H24FNO3/c1-18(8-13-6-7-20-10-13)9-15(19)12-21-11-14-4-2-3-5-16(14)17/h2-5,13,15,19H,6-12H2,1H3. The Morgan fingerprint density at radius 3 is 3.00 bits per heavy atom. The fourth-order valence-electron chi connectivity index (χ4n) is 2.58. The average molecular weight is 297 g/mol. The third-order valence-electron chi connectivity index (χ3n) is 3.64. The molecule has 118 valence electrons. The van der Waals surface area contributed by atoms with E-state index in [1.54, 1.807) is 18.2 Å². The van der Waals surface area contributed by atoms with Crippen molar-refractivity contribution in [2.45, 2.75) is 19.1 Å². The molecule has 21 heavy (non-hydrogen) atoms. The van der Waals surface area contributed by atoms with Crippen LogP contribution in [0.5, 0.6) is 0 Å². The second-order valence-electron chi connectivity index (χ2n) is 5.71. The molecule has 2 atom stereocenters. The number of benzene rings is 1. The Labute approximate surface area is 125 Å². The summed E-state index contributed by atoms with van der Waals surface area (Å²) in [6.07, 6.45) is 0.522. The molecule has 1 N–H and O–H groups in total. The molecule has 2 unspecified atom stereocenters. The third-order valence-corrected chi connectivity index (χ3v) is 3.64. The van der Waals surface area contributed by atoms with Gasteiger partial charge in [0.1, 0.15) is 5.82 Å². The highest BCUT2D eigenvalue weighted by Gasteiger charge is 2.18. The molecule has 2 rings (SSSR count). The largest absolute Gasteiger partial charge is 0.389 e. The summed E-state index contributed by atoms with van der Waals surface area (Å²) < 4.78 is 24.1. The highest BCUT2D eigenvalue weighted by Crippen LogP contribution is 2.13. The minimum absolute atomic E-state index is 0.184. The van der Waals surface area contributed by atoms with Crippen molar-refractivity contribution in [1.29, 1.82) is 0 Å². The van der Waals surface area contributed by atoms with Gasteiger partial charge in [-0.1, -0.05) is 18.2 Å². The van der Waals surface area contributed by atoms with E-state index in [1.807, 2.05) is 7.05 Å². The molecule has 0 saturated carbocycles. The van der Waals surface area contributed by atoms with Crippen LogP contribution in [0.25, 0.3) is 0 Å². The topological polar surface area (TPSA) is 41.9 Å². The summed E-state index contributed by atoms with van der Waals surface area (Å²) in [7, 11) is 1.98. The maximum atomic E-state index is 13.4. The van der Waals surface area contributed by atoms with Crippen LogP contribution in [0.4, 0.5) is 4.39 Å². The first-order valence-corrected chi connectivity index (χ1v) is 7.40. The molecule has 0 radical (unpaired) electrons. The number of hydrogen-bond donors (Lipinski definition) is 1. The third kappa shape index (κ3) is 5.71. The van der Waals surface area contributed by atoms with Crippen LogP contribution in [-0.4, -0.2) is 56.1 Å². The molecule has 1 aliphatic rings. The van der Waals surface area contributed by atoms with Gasteiger partial charge in [0.15, 0.2) is 0 Å². The number of likely N-dealkylation sites (N-methyl/N-ethyl adjacent to an activating group) is 1. The monoisotopic (exact) mass is 297 g/mol. The number of rotatable bonds is 8. The van der Waals surface area contributed by atoms with Gasteiger partial charge in [-0.05, 0) is 25.5 Å². The Bertz CT molecular complexity index is 424. The lowest BCUT2D eigenvalue weighted by molar-refractivity contribution is 0.0108. The first-order valence-electron chi connectivity index (χ1n) is 7.40. The SMILES string of the molecule is CN(CC(O)COCc1ccccc1F)CC1CCOC1. The molecule has 1 aliphatic heterocycles. The molecular weight excluding hydrogens is 273 g/mol. The zero-order chi connectivity index (χ0) is 15.1. The summed E-state index contributed by atoms with van der Waals surface area (Å²) in [5.74, 6) is 0.284. The lowest BCUT2D eigenvalue weighted by Crippen LogP contribution is -2.35. The van der Waals surface area contributed by atoms with Crippen LogP contribution < -0.4 is 0 Å². The Balaban J connectivity index is 1.62. The van der Waals surface area contributed by atoms with E-state index in [2.05, 4.69) is 4.90 Å². The van der Waals surface area contributed by atoms with Crippen molar-refractivity contribution in [1.82, 2.24) is 4.90 Å². The number of halogens is 1. The van der Waals surface area contributed by atoms with E-state index in [4.69, 9.17) is 9.47 Å².